The van der Waals surface area contributed by atoms with Crippen LogP contribution in [0.1, 0.15) is 26.2 Å². The van der Waals surface area contributed by atoms with E-state index in [4.69, 9.17) is 9.47 Å². The van der Waals surface area contributed by atoms with E-state index in [1.54, 1.807) is 0 Å². The Balaban J connectivity index is 1.42. The predicted molar refractivity (Wildman–Crippen MR) is 109 cm³/mol. The van der Waals surface area contributed by atoms with Crippen LogP contribution in [0.4, 0.5) is 15.8 Å². The minimum Gasteiger partial charge on any atom is -0.479 e. The summed E-state index contributed by atoms with van der Waals surface area (Å²) >= 11 is 0. The van der Waals surface area contributed by atoms with Crippen LogP contribution in [-0.2, 0) is 14.3 Å². The minimum absolute atomic E-state index is 0.342. The Labute approximate surface area is 169 Å². The lowest BCUT2D eigenvalue weighted by Gasteiger charge is -2.28. The maximum Gasteiger partial charge on any atom is 0.347 e. The van der Waals surface area contributed by atoms with Crippen LogP contribution in [0.25, 0.3) is 0 Å². The van der Waals surface area contributed by atoms with E-state index < -0.39 is 30.4 Å². The molecule has 0 radical (unpaired) electrons. The summed E-state index contributed by atoms with van der Waals surface area (Å²) in [7, 11) is 0. The zero-order chi connectivity index (χ0) is 20.6. The van der Waals surface area contributed by atoms with Crippen LogP contribution in [0, 0.1) is 5.82 Å². The van der Waals surface area contributed by atoms with Gasteiger partial charge in [-0.1, -0.05) is 0 Å². The lowest BCUT2D eigenvalue weighted by atomic mass is 10.1. The first-order chi connectivity index (χ1) is 14.0. The number of anilines is 2. The molecule has 0 saturated carbocycles. The molecule has 2 aromatic rings. The predicted octanol–water partition coefficient (Wildman–Crippen LogP) is 3.77. The summed E-state index contributed by atoms with van der Waals surface area (Å²) in [6.07, 6.45) is 2.76. The zero-order valence-corrected chi connectivity index (χ0v) is 16.4. The van der Waals surface area contributed by atoms with Gasteiger partial charge in [0.2, 0.25) is 0 Å². The van der Waals surface area contributed by atoms with Gasteiger partial charge < -0.3 is 19.7 Å². The van der Waals surface area contributed by atoms with Crippen molar-refractivity contribution < 1.29 is 23.5 Å². The van der Waals surface area contributed by atoms with E-state index >= 15 is 0 Å². The molecule has 3 rings (SSSR count). The summed E-state index contributed by atoms with van der Waals surface area (Å²) in [5.74, 6) is -1.16. The number of piperidine rings is 1. The van der Waals surface area contributed by atoms with E-state index in [2.05, 4.69) is 10.2 Å². The Kier molecular flexibility index (Phi) is 7.05. The van der Waals surface area contributed by atoms with Crippen molar-refractivity contribution in [2.45, 2.75) is 32.3 Å². The molecule has 1 amide bonds. The number of ether oxygens (including phenoxy) is 2. The maximum absolute atomic E-state index is 12.9. The van der Waals surface area contributed by atoms with Crippen molar-refractivity contribution in [3.63, 3.8) is 0 Å². The summed E-state index contributed by atoms with van der Waals surface area (Å²) < 4.78 is 23.3. The fraction of sp³-hybridized carbons (Fsp3) is 0.364. The molecule has 1 saturated heterocycles. The number of nitrogens with zero attached hydrogens (tertiary/aromatic N) is 1. The van der Waals surface area contributed by atoms with Crippen molar-refractivity contribution in [1.82, 2.24) is 0 Å². The quantitative estimate of drug-likeness (QED) is 0.717. The maximum atomic E-state index is 12.9. The second kappa shape index (κ2) is 9.91. The molecule has 1 fully saturated rings. The average Bonchev–Trinajstić information content (AvgIpc) is 2.75. The Bertz CT molecular complexity index is 818. The molecule has 0 unspecified atom stereocenters. The second-order valence-electron chi connectivity index (χ2n) is 6.96. The van der Waals surface area contributed by atoms with Crippen molar-refractivity contribution in [1.29, 1.82) is 0 Å². The third kappa shape index (κ3) is 6.20. The molecule has 154 valence electrons. The molecule has 0 spiro atoms. The molecule has 0 aliphatic carbocycles. The monoisotopic (exact) mass is 400 g/mol. The van der Waals surface area contributed by atoms with Gasteiger partial charge in [-0.25, -0.2) is 9.18 Å². The van der Waals surface area contributed by atoms with E-state index in [-0.39, 0.29) is 0 Å². The Morgan fingerprint density at radius 1 is 1.03 bits per heavy atom. The van der Waals surface area contributed by atoms with Gasteiger partial charge in [0.1, 0.15) is 11.6 Å². The fourth-order valence-electron chi connectivity index (χ4n) is 3.12. The van der Waals surface area contributed by atoms with Crippen LogP contribution in [-0.4, -0.2) is 37.7 Å². The Morgan fingerprint density at radius 2 is 1.69 bits per heavy atom. The van der Waals surface area contributed by atoms with Crippen molar-refractivity contribution in [2.24, 2.45) is 0 Å². The summed E-state index contributed by atoms with van der Waals surface area (Å²) in [5.41, 5.74) is 1.78. The molecule has 1 aliphatic rings. The van der Waals surface area contributed by atoms with Crippen LogP contribution in [0.2, 0.25) is 0 Å². The third-order valence-corrected chi connectivity index (χ3v) is 4.68. The summed E-state index contributed by atoms with van der Waals surface area (Å²) in [4.78, 5) is 26.4. The van der Waals surface area contributed by atoms with Crippen LogP contribution in [0.5, 0.6) is 5.75 Å². The molecule has 1 aliphatic heterocycles. The molecular weight excluding hydrogens is 375 g/mol. The number of esters is 1. The highest BCUT2D eigenvalue weighted by molar-refractivity contribution is 5.93. The average molecular weight is 400 g/mol. The Hall–Kier alpha value is -3.09. The number of carbonyl (C=O) groups is 2. The summed E-state index contributed by atoms with van der Waals surface area (Å²) in [6.45, 7) is 3.20. The van der Waals surface area contributed by atoms with Crippen LogP contribution in [0.3, 0.4) is 0 Å². The largest absolute Gasteiger partial charge is 0.479 e. The van der Waals surface area contributed by atoms with E-state index in [1.165, 1.54) is 50.5 Å². The normalized spacial score (nSPS) is 14.8. The summed E-state index contributed by atoms with van der Waals surface area (Å²) in [6, 6.07) is 12.9. The second-order valence-corrected chi connectivity index (χ2v) is 6.96. The SMILES string of the molecule is C[C@H](Oc1ccc(F)cc1)C(=O)OCC(=O)Nc1ccc(N2CCCCC2)cc1. The molecule has 1 atom stereocenters. The van der Waals surface area contributed by atoms with Gasteiger partial charge in [-0.3, -0.25) is 4.79 Å². The van der Waals surface area contributed by atoms with E-state index in [1.807, 2.05) is 24.3 Å². The lowest BCUT2D eigenvalue weighted by molar-refractivity contribution is -0.153. The highest BCUT2D eigenvalue weighted by atomic mass is 19.1. The van der Waals surface area contributed by atoms with E-state index in [9.17, 15) is 14.0 Å². The number of amides is 1. The fourth-order valence-corrected chi connectivity index (χ4v) is 3.12. The smallest absolute Gasteiger partial charge is 0.347 e. The van der Waals surface area contributed by atoms with Gasteiger partial charge in [-0.15, -0.1) is 0 Å². The van der Waals surface area contributed by atoms with Crippen LogP contribution >= 0.6 is 0 Å². The van der Waals surface area contributed by atoms with Gasteiger partial charge in [0.25, 0.3) is 5.91 Å². The van der Waals surface area contributed by atoms with Crippen LogP contribution in [0.15, 0.2) is 48.5 Å². The molecule has 1 heterocycles. The molecule has 7 heteroatoms. The van der Waals surface area contributed by atoms with Gasteiger partial charge in [-0.05, 0) is 74.7 Å². The number of rotatable bonds is 7. The van der Waals surface area contributed by atoms with Gasteiger partial charge in [0, 0.05) is 24.5 Å². The molecular formula is C22H25FN2O4. The minimum atomic E-state index is -0.919. The molecule has 2 aromatic carbocycles. The highest BCUT2D eigenvalue weighted by Crippen LogP contribution is 2.21. The number of benzene rings is 2. The van der Waals surface area contributed by atoms with Crippen LogP contribution < -0.4 is 15.0 Å². The van der Waals surface area contributed by atoms with Crippen molar-refractivity contribution in [3.8, 4) is 5.75 Å². The molecule has 0 bridgehead atoms. The zero-order valence-electron chi connectivity index (χ0n) is 16.4. The number of carbonyl (C=O) groups excluding carboxylic acids is 2. The number of nitrogens with one attached hydrogen (secondary N) is 1. The molecule has 0 aromatic heterocycles. The Morgan fingerprint density at radius 3 is 2.34 bits per heavy atom. The van der Waals surface area contributed by atoms with E-state index in [0.717, 1.165) is 18.8 Å². The van der Waals surface area contributed by atoms with E-state index in [0.29, 0.717) is 11.4 Å². The van der Waals surface area contributed by atoms with Crippen molar-refractivity contribution in [3.05, 3.63) is 54.3 Å². The standard InChI is InChI=1S/C22H25FN2O4/c1-16(29-20-11-5-17(23)6-12-20)22(27)28-15-21(26)24-18-7-9-19(10-8-18)25-13-3-2-4-14-25/h5-12,16H,2-4,13-15H2,1H3,(H,24,26)/t16-/m0/s1. The van der Waals surface area contributed by atoms with Gasteiger partial charge in [-0.2, -0.15) is 0 Å². The van der Waals surface area contributed by atoms with Crippen molar-refractivity contribution in [2.75, 3.05) is 29.9 Å². The third-order valence-electron chi connectivity index (χ3n) is 4.68. The first kappa shape index (κ1) is 20.6. The first-order valence-corrected chi connectivity index (χ1v) is 9.75. The van der Waals surface area contributed by atoms with Gasteiger partial charge in [0.15, 0.2) is 12.7 Å². The number of hydrogen-bond acceptors (Lipinski definition) is 5. The number of halogens is 1. The molecule has 29 heavy (non-hydrogen) atoms. The molecule has 6 nitrogen and oxygen atoms in total. The lowest BCUT2D eigenvalue weighted by Crippen LogP contribution is -2.30. The van der Waals surface area contributed by atoms with Gasteiger partial charge in [0.05, 0.1) is 0 Å². The number of hydrogen-bond donors (Lipinski definition) is 1. The topological polar surface area (TPSA) is 67.9 Å². The van der Waals surface area contributed by atoms with Crippen molar-refractivity contribution >= 4 is 23.3 Å². The highest BCUT2D eigenvalue weighted by Gasteiger charge is 2.18. The summed E-state index contributed by atoms with van der Waals surface area (Å²) in [5, 5.41) is 2.71. The van der Waals surface area contributed by atoms with Gasteiger partial charge >= 0.3 is 5.97 Å². The first-order valence-electron chi connectivity index (χ1n) is 9.75. The molecule has 1 N–H and O–H groups in total.